The first-order chi connectivity index (χ1) is 9.02. The van der Waals surface area contributed by atoms with Gasteiger partial charge in [0.25, 0.3) is 0 Å². The monoisotopic (exact) mass is 271 g/mol. The van der Waals surface area contributed by atoms with E-state index in [0.29, 0.717) is 18.9 Å². The molecular weight excluding hydrogens is 246 g/mol. The molecule has 1 saturated heterocycles. The van der Waals surface area contributed by atoms with E-state index in [1.165, 1.54) is 0 Å². The minimum Gasteiger partial charge on any atom is -0.480 e. The van der Waals surface area contributed by atoms with Crippen LogP contribution >= 0.6 is 0 Å². The van der Waals surface area contributed by atoms with E-state index in [1.807, 2.05) is 6.92 Å². The second-order valence-corrected chi connectivity index (χ2v) is 5.30. The van der Waals surface area contributed by atoms with Crippen LogP contribution in [0.15, 0.2) is 0 Å². The fourth-order valence-electron chi connectivity index (χ4n) is 2.43. The van der Waals surface area contributed by atoms with Crippen LogP contribution in [0.4, 0.5) is 4.79 Å². The van der Waals surface area contributed by atoms with Gasteiger partial charge in [-0.05, 0) is 38.8 Å². The Hall–Kier alpha value is -1.30. The molecule has 1 aliphatic heterocycles. The Balaban J connectivity index is 2.28. The predicted molar refractivity (Wildman–Crippen MR) is 73.1 cm³/mol. The highest BCUT2D eigenvalue weighted by atomic mass is 16.4. The van der Waals surface area contributed by atoms with Crippen molar-refractivity contribution >= 4 is 12.0 Å². The summed E-state index contributed by atoms with van der Waals surface area (Å²) in [5.74, 6) is -0.520. The summed E-state index contributed by atoms with van der Waals surface area (Å²) in [5.41, 5.74) is 0. The molecule has 2 atom stereocenters. The van der Waals surface area contributed by atoms with E-state index in [-0.39, 0.29) is 6.03 Å². The highest BCUT2D eigenvalue weighted by Gasteiger charge is 2.20. The Labute approximate surface area is 114 Å². The van der Waals surface area contributed by atoms with E-state index in [0.717, 1.165) is 32.4 Å². The molecule has 6 nitrogen and oxygen atoms in total. The van der Waals surface area contributed by atoms with E-state index in [1.54, 1.807) is 0 Å². The topological polar surface area (TPSA) is 81.7 Å². The number of carbonyl (C=O) groups excluding carboxylic acids is 1. The number of urea groups is 1. The maximum atomic E-state index is 11.7. The van der Waals surface area contributed by atoms with Gasteiger partial charge in [-0.3, -0.25) is 0 Å². The first-order valence-corrected chi connectivity index (χ1v) is 6.98. The quantitative estimate of drug-likeness (QED) is 0.670. The number of amides is 2. The molecule has 0 aromatic rings. The van der Waals surface area contributed by atoms with Crippen LogP contribution in [0.5, 0.6) is 0 Å². The van der Waals surface area contributed by atoms with Gasteiger partial charge >= 0.3 is 12.0 Å². The van der Waals surface area contributed by atoms with Crippen molar-refractivity contribution in [2.45, 2.75) is 38.6 Å². The van der Waals surface area contributed by atoms with Crippen LogP contribution in [0.1, 0.15) is 32.6 Å². The molecule has 0 aromatic heterocycles. The largest absolute Gasteiger partial charge is 0.480 e. The predicted octanol–water partition coefficient (Wildman–Crippen LogP) is 0.881. The van der Waals surface area contributed by atoms with Gasteiger partial charge < -0.3 is 20.6 Å². The molecule has 2 unspecified atom stereocenters. The van der Waals surface area contributed by atoms with Gasteiger partial charge in [-0.15, -0.1) is 0 Å². The van der Waals surface area contributed by atoms with Crippen LogP contribution in [0.25, 0.3) is 0 Å². The van der Waals surface area contributed by atoms with E-state index in [2.05, 4.69) is 22.6 Å². The minimum absolute atomic E-state index is 0.380. The summed E-state index contributed by atoms with van der Waals surface area (Å²) in [4.78, 5) is 24.8. The number of rotatable bonds is 6. The van der Waals surface area contributed by atoms with Crippen molar-refractivity contribution < 1.29 is 14.7 Å². The van der Waals surface area contributed by atoms with Crippen molar-refractivity contribution in [3.05, 3.63) is 0 Å². The lowest BCUT2D eigenvalue weighted by Crippen LogP contribution is -2.48. The Morgan fingerprint density at radius 2 is 2.21 bits per heavy atom. The van der Waals surface area contributed by atoms with Crippen molar-refractivity contribution in [2.24, 2.45) is 5.92 Å². The molecule has 1 rings (SSSR count). The third kappa shape index (κ3) is 5.92. The van der Waals surface area contributed by atoms with Crippen LogP contribution in [0, 0.1) is 5.92 Å². The second-order valence-electron chi connectivity index (χ2n) is 5.30. The number of likely N-dealkylation sites (tertiary alicyclic amines) is 1. The summed E-state index contributed by atoms with van der Waals surface area (Å²) in [7, 11) is 2.08. The Morgan fingerprint density at radius 3 is 2.79 bits per heavy atom. The molecule has 0 aromatic carbocycles. The average molecular weight is 271 g/mol. The molecule has 0 bridgehead atoms. The maximum absolute atomic E-state index is 11.7. The molecule has 19 heavy (non-hydrogen) atoms. The number of carboxylic acid groups (broad SMARTS) is 1. The normalized spacial score (nSPS) is 21.7. The number of piperidine rings is 1. The number of carboxylic acids is 1. The number of nitrogens with one attached hydrogen (secondary N) is 2. The smallest absolute Gasteiger partial charge is 0.326 e. The maximum Gasteiger partial charge on any atom is 0.326 e. The number of hydrogen-bond donors (Lipinski definition) is 3. The molecule has 1 heterocycles. The zero-order valence-electron chi connectivity index (χ0n) is 11.8. The van der Waals surface area contributed by atoms with Crippen LogP contribution in [-0.4, -0.2) is 54.7 Å². The molecule has 0 radical (unpaired) electrons. The highest BCUT2D eigenvalue weighted by molar-refractivity contribution is 5.82. The van der Waals surface area contributed by atoms with E-state index in [4.69, 9.17) is 5.11 Å². The van der Waals surface area contributed by atoms with Gasteiger partial charge in [-0.25, -0.2) is 9.59 Å². The highest BCUT2D eigenvalue weighted by Crippen LogP contribution is 2.13. The Kier molecular flexibility index (Phi) is 6.62. The SMILES string of the molecule is CCCC(NC(=O)NCC1CCCN(C)C1)C(=O)O. The van der Waals surface area contributed by atoms with Crippen LogP contribution in [0.3, 0.4) is 0 Å². The molecule has 0 spiro atoms. The Morgan fingerprint density at radius 1 is 1.47 bits per heavy atom. The lowest BCUT2D eigenvalue weighted by molar-refractivity contribution is -0.139. The van der Waals surface area contributed by atoms with Crippen LogP contribution in [0.2, 0.25) is 0 Å². The fourth-order valence-corrected chi connectivity index (χ4v) is 2.43. The number of carbonyl (C=O) groups is 2. The third-order valence-corrected chi connectivity index (χ3v) is 3.45. The molecule has 2 amide bonds. The van der Waals surface area contributed by atoms with Crippen molar-refractivity contribution in [2.75, 3.05) is 26.7 Å². The minimum atomic E-state index is -0.977. The van der Waals surface area contributed by atoms with Gasteiger partial charge in [0.15, 0.2) is 0 Å². The molecule has 110 valence electrons. The summed E-state index contributed by atoms with van der Waals surface area (Å²) in [6.07, 6.45) is 3.44. The lowest BCUT2D eigenvalue weighted by atomic mass is 9.99. The standard InChI is InChI=1S/C13H25N3O3/c1-3-5-11(12(17)18)15-13(19)14-8-10-6-4-7-16(2)9-10/h10-11H,3-9H2,1-2H3,(H,17,18)(H2,14,15,19). The molecule has 1 aliphatic rings. The van der Waals surface area contributed by atoms with Crippen molar-refractivity contribution in [1.82, 2.24) is 15.5 Å². The summed E-state index contributed by atoms with van der Waals surface area (Å²) in [5, 5.41) is 14.2. The molecule has 6 heteroatoms. The zero-order chi connectivity index (χ0) is 14.3. The first-order valence-electron chi connectivity index (χ1n) is 6.98. The number of nitrogens with zero attached hydrogens (tertiary/aromatic N) is 1. The van der Waals surface area contributed by atoms with Gasteiger partial charge in [0.1, 0.15) is 6.04 Å². The summed E-state index contributed by atoms with van der Waals surface area (Å²) < 4.78 is 0. The van der Waals surface area contributed by atoms with Crippen LogP contribution < -0.4 is 10.6 Å². The third-order valence-electron chi connectivity index (χ3n) is 3.45. The zero-order valence-corrected chi connectivity index (χ0v) is 11.8. The summed E-state index contributed by atoms with van der Waals surface area (Å²) >= 11 is 0. The average Bonchev–Trinajstić information content (AvgIpc) is 2.36. The van der Waals surface area contributed by atoms with Gasteiger partial charge in [0.2, 0.25) is 0 Å². The van der Waals surface area contributed by atoms with Gasteiger partial charge in [-0.1, -0.05) is 13.3 Å². The number of hydrogen-bond acceptors (Lipinski definition) is 3. The molecule has 0 saturated carbocycles. The van der Waals surface area contributed by atoms with E-state index < -0.39 is 12.0 Å². The van der Waals surface area contributed by atoms with Crippen LogP contribution in [-0.2, 0) is 4.79 Å². The molecule has 0 aliphatic carbocycles. The second kappa shape index (κ2) is 7.99. The molecule has 1 fully saturated rings. The van der Waals surface area contributed by atoms with Gasteiger partial charge in [0.05, 0.1) is 0 Å². The fraction of sp³-hybridized carbons (Fsp3) is 0.846. The van der Waals surface area contributed by atoms with Crippen molar-refractivity contribution in [3.8, 4) is 0 Å². The van der Waals surface area contributed by atoms with Gasteiger partial charge in [0, 0.05) is 13.1 Å². The Bertz CT molecular complexity index is 310. The van der Waals surface area contributed by atoms with Gasteiger partial charge in [-0.2, -0.15) is 0 Å². The first kappa shape index (κ1) is 15.8. The van der Waals surface area contributed by atoms with E-state index in [9.17, 15) is 9.59 Å². The lowest BCUT2D eigenvalue weighted by Gasteiger charge is -2.29. The van der Waals surface area contributed by atoms with E-state index >= 15 is 0 Å². The summed E-state index contributed by atoms with van der Waals surface area (Å²) in [6, 6.07) is -1.17. The van der Waals surface area contributed by atoms with Crippen molar-refractivity contribution in [3.63, 3.8) is 0 Å². The number of aliphatic carboxylic acids is 1. The van der Waals surface area contributed by atoms with Crippen molar-refractivity contribution in [1.29, 1.82) is 0 Å². The molecule has 3 N–H and O–H groups in total. The molecular formula is C13H25N3O3. The summed E-state index contributed by atoms with van der Waals surface area (Å²) in [6.45, 7) is 4.60.